The van der Waals surface area contributed by atoms with Crippen molar-refractivity contribution in [2.45, 2.75) is 0 Å². The highest BCUT2D eigenvalue weighted by Gasteiger charge is 2.17. The van der Waals surface area contributed by atoms with Crippen LogP contribution in [0.25, 0.3) is 11.4 Å². The van der Waals surface area contributed by atoms with E-state index in [1.165, 1.54) is 0 Å². The van der Waals surface area contributed by atoms with Gasteiger partial charge < -0.3 is 9.47 Å². The number of amides is 1. The van der Waals surface area contributed by atoms with Crippen LogP contribution in [-0.4, -0.2) is 22.1 Å². The van der Waals surface area contributed by atoms with Gasteiger partial charge in [-0.3, -0.25) is 10.1 Å². The molecule has 4 rings (SSSR count). The molecule has 0 atom stereocenters. The van der Waals surface area contributed by atoms with Gasteiger partial charge in [-0.15, -0.1) is 0 Å². The molecule has 1 aliphatic heterocycles. The summed E-state index contributed by atoms with van der Waals surface area (Å²) in [6.07, 6.45) is 0. The van der Waals surface area contributed by atoms with Crippen LogP contribution in [0.2, 0.25) is 0 Å². The Hall–Kier alpha value is -2.93. The quantitative estimate of drug-likeness (QED) is 0.800. The Balaban J connectivity index is 1.52. The van der Waals surface area contributed by atoms with Crippen molar-refractivity contribution in [1.82, 2.24) is 9.36 Å². The summed E-state index contributed by atoms with van der Waals surface area (Å²) in [5.74, 6) is 1.54. The third-order valence-electron chi connectivity index (χ3n) is 3.31. The van der Waals surface area contributed by atoms with Gasteiger partial charge in [0.1, 0.15) is 0 Å². The van der Waals surface area contributed by atoms with E-state index >= 15 is 0 Å². The molecule has 0 saturated heterocycles. The van der Waals surface area contributed by atoms with E-state index in [-0.39, 0.29) is 12.7 Å². The fraction of sp³-hybridized carbons (Fsp3) is 0.0625. The number of anilines is 1. The molecular formula is C16H11N3O3S. The molecule has 6 nitrogen and oxygen atoms in total. The molecule has 2 heterocycles. The minimum absolute atomic E-state index is 0.178. The van der Waals surface area contributed by atoms with E-state index in [4.69, 9.17) is 9.47 Å². The lowest BCUT2D eigenvalue weighted by atomic mass is 10.2. The highest BCUT2D eigenvalue weighted by Crippen LogP contribution is 2.32. The number of benzene rings is 2. The van der Waals surface area contributed by atoms with Gasteiger partial charge in [0.05, 0.1) is 0 Å². The van der Waals surface area contributed by atoms with Crippen molar-refractivity contribution < 1.29 is 14.3 Å². The molecule has 3 aromatic rings. The van der Waals surface area contributed by atoms with E-state index in [0.717, 1.165) is 17.1 Å². The molecule has 0 spiro atoms. The van der Waals surface area contributed by atoms with Crippen molar-refractivity contribution in [2.75, 3.05) is 12.1 Å². The van der Waals surface area contributed by atoms with Gasteiger partial charge in [-0.25, -0.2) is 0 Å². The largest absolute Gasteiger partial charge is 0.454 e. The number of carbonyl (C=O) groups is 1. The monoisotopic (exact) mass is 325 g/mol. The zero-order valence-corrected chi connectivity index (χ0v) is 12.7. The molecule has 23 heavy (non-hydrogen) atoms. The number of fused-ring (bicyclic) bond motifs is 1. The first kappa shape index (κ1) is 13.7. The first-order chi connectivity index (χ1) is 11.3. The van der Waals surface area contributed by atoms with E-state index in [2.05, 4.69) is 14.7 Å². The van der Waals surface area contributed by atoms with Crippen molar-refractivity contribution in [2.24, 2.45) is 0 Å². The summed E-state index contributed by atoms with van der Waals surface area (Å²) in [6, 6.07) is 14.7. The predicted molar refractivity (Wildman–Crippen MR) is 85.9 cm³/mol. The van der Waals surface area contributed by atoms with E-state index < -0.39 is 0 Å². The van der Waals surface area contributed by atoms with Crippen molar-refractivity contribution in [3.8, 4) is 22.9 Å². The van der Waals surface area contributed by atoms with Crippen LogP contribution < -0.4 is 14.8 Å². The first-order valence-corrected chi connectivity index (χ1v) is 7.67. The second kappa shape index (κ2) is 5.69. The summed E-state index contributed by atoms with van der Waals surface area (Å²) >= 11 is 1.14. The van der Waals surface area contributed by atoms with Crippen LogP contribution in [0.3, 0.4) is 0 Å². The Morgan fingerprint density at radius 3 is 2.78 bits per heavy atom. The highest BCUT2D eigenvalue weighted by molar-refractivity contribution is 7.10. The molecule has 114 valence electrons. The fourth-order valence-corrected chi connectivity index (χ4v) is 2.77. The zero-order chi connectivity index (χ0) is 15.6. The molecule has 0 bridgehead atoms. The van der Waals surface area contributed by atoms with E-state index in [0.29, 0.717) is 28.0 Å². The number of nitrogens with zero attached hydrogens (tertiary/aromatic N) is 2. The van der Waals surface area contributed by atoms with Gasteiger partial charge in [-0.05, 0) is 18.2 Å². The molecule has 2 aromatic carbocycles. The van der Waals surface area contributed by atoms with E-state index in [1.54, 1.807) is 18.2 Å². The number of aromatic nitrogens is 2. The van der Waals surface area contributed by atoms with Gasteiger partial charge in [-0.1, -0.05) is 30.3 Å². The molecule has 7 heteroatoms. The molecule has 1 N–H and O–H groups in total. The zero-order valence-electron chi connectivity index (χ0n) is 11.9. The van der Waals surface area contributed by atoms with E-state index in [9.17, 15) is 4.79 Å². The minimum Gasteiger partial charge on any atom is -0.454 e. The second-order valence-electron chi connectivity index (χ2n) is 4.81. The molecule has 1 amide bonds. The number of carbonyl (C=O) groups excluding carboxylic acids is 1. The SMILES string of the molecule is O=C(Nc1nc(-c2ccccc2)ns1)c1ccc2c(c1)OCO2. The van der Waals surface area contributed by atoms with Crippen LogP contribution in [0.4, 0.5) is 5.13 Å². The van der Waals surface area contributed by atoms with Gasteiger partial charge >= 0.3 is 0 Å². The lowest BCUT2D eigenvalue weighted by molar-refractivity contribution is 0.102. The van der Waals surface area contributed by atoms with Gasteiger partial charge in [0.15, 0.2) is 17.3 Å². The lowest BCUT2D eigenvalue weighted by Crippen LogP contribution is -2.11. The molecule has 0 unspecified atom stereocenters. The van der Waals surface area contributed by atoms with Crippen molar-refractivity contribution in [3.05, 3.63) is 54.1 Å². The maximum atomic E-state index is 12.3. The third kappa shape index (κ3) is 2.74. The van der Waals surface area contributed by atoms with Crippen LogP contribution >= 0.6 is 11.5 Å². The Labute approximate surface area is 135 Å². The van der Waals surface area contributed by atoms with Gasteiger partial charge in [0.2, 0.25) is 11.9 Å². The summed E-state index contributed by atoms with van der Waals surface area (Å²) in [5, 5.41) is 3.20. The van der Waals surface area contributed by atoms with Crippen molar-refractivity contribution in [3.63, 3.8) is 0 Å². The summed E-state index contributed by atoms with van der Waals surface area (Å²) in [5.41, 5.74) is 1.39. The summed E-state index contributed by atoms with van der Waals surface area (Å²) < 4.78 is 14.8. The van der Waals surface area contributed by atoms with Crippen molar-refractivity contribution in [1.29, 1.82) is 0 Å². The molecule has 0 radical (unpaired) electrons. The van der Waals surface area contributed by atoms with Crippen molar-refractivity contribution >= 4 is 22.6 Å². The van der Waals surface area contributed by atoms with Crippen LogP contribution in [-0.2, 0) is 0 Å². The van der Waals surface area contributed by atoms with Crippen LogP contribution in [0.5, 0.6) is 11.5 Å². The van der Waals surface area contributed by atoms with E-state index in [1.807, 2.05) is 30.3 Å². The normalized spacial score (nSPS) is 12.2. The molecule has 0 saturated carbocycles. The Morgan fingerprint density at radius 2 is 1.91 bits per heavy atom. The Kier molecular flexibility index (Phi) is 3.39. The molecular weight excluding hydrogens is 314 g/mol. The summed E-state index contributed by atoms with van der Waals surface area (Å²) in [7, 11) is 0. The summed E-state index contributed by atoms with van der Waals surface area (Å²) in [4.78, 5) is 16.6. The lowest BCUT2D eigenvalue weighted by Gasteiger charge is -2.02. The molecule has 0 aliphatic carbocycles. The maximum absolute atomic E-state index is 12.3. The average molecular weight is 325 g/mol. The van der Waals surface area contributed by atoms with Crippen LogP contribution in [0, 0.1) is 0 Å². The number of nitrogens with one attached hydrogen (secondary N) is 1. The second-order valence-corrected chi connectivity index (χ2v) is 5.56. The topological polar surface area (TPSA) is 73.3 Å². The molecule has 1 aliphatic rings. The van der Waals surface area contributed by atoms with Gasteiger partial charge in [-0.2, -0.15) is 9.36 Å². The molecule has 0 fully saturated rings. The highest BCUT2D eigenvalue weighted by atomic mass is 32.1. The molecule has 1 aromatic heterocycles. The number of rotatable bonds is 3. The van der Waals surface area contributed by atoms with Crippen LogP contribution in [0.15, 0.2) is 48.5 Å². The van der Waals surface area contributed by atoms with Crippen LogP contribution in [0.1, 0.15) is 10.4 Å². The smallest absolute Gasteiger partial charge is 0.257 e. The summed E-state index contributed by atoms with van der Waals surface area (Å²) in [6.45, 7) is 0.178. The average Bonchev–Trinajstić information content (AvgIpc) is 3.24. The Morgan fingerprint density at radius 1 is 1.09 bits per heavy atom. The Bertz CT molecular complexity index is 864. The van der Waals surface area contributed by atoms with Gasteiger partial charge in [0.25, 0.3) is 5.91 Å². The predicted octanol–water partition coefficient (Wildman–Crippen LogP) is 3.19. The third-order valence-corrected chi connectivity index (χ3v) is 3.94. The first-order valence-electron chi connectivity index (χ1n) is 6.90. The minimum atomic E-state index is -0.265. The maximum Gasteiger partial charge on any atom is 0.257 e. The standard InChI is InChI=1S/C16H11N3O3S/c20-15(11-6-7-12-13(8-11)22-9-21-12)18-16-17-14(19-23-16)10-4-2-1-3-5-10/h1-8H,9H2,(H,17,18,19,20). The fourth-order valence-electron chi connectivity index (χ4n) is 2.19. The number of hydrogen-bond acceptors (Lipinski definition) is 6. The number of ether oxygens (including phenoxy) is 2. The van der Waals surface area contributed by atoms with Gasteiger partial charge in [0, 0.05) is 22.7 Å². The number of hydrogen-bond donors (Lipinski definition) is 1.